The number of aromatic nitrogens is 2. The van der Waals surface area contributed by atoms with Crippen molar-refractivity contribution in [1.29, 1.82) is 0 Å². The highest BCUT2D eigenvalue weighted by Gasteiger charge is 2.19. The van der Waals surface area contributed by atoms with Gasteiger partial charge in [-0.3, -0.25) is 0 Å². The zero-order valence-electron chi connectivity index (χ0n) is 14.6. The molecular weight excluding hydrogens is 371 g/mol. The number of nitrogens with zero attached hydrogens (tertiary/aromatic N) is 2. The summed E-state index contributed by atoms with van der Waals surface area (Å²) in [6.07, 6.45) is 1.51. The van der Waals surface area contributed by atoms with E-state index in [-0.39, 0.29) is 10.6 Å². The fraction of sp³-hybridized carbons (Fsp3) is 0.158. The number of benzene rings is 2. The highest BCUT2D eigenvalue weighted by atomic mass is 32.2. The summed E-state index contributed by atoms with van der Waals surface area (Å²) in [6.45, 7) is 3.18. The van der Waals surface area contributed by atoms with E-state index in [1.54, 1.807) is 25.1 Å². The van der Waals surface area contributed by atoms with Crippen molar-refractivity contribution in [3.63, 3.8) is 0 Å². The quantitative estimate of drug-likeness (QED) is 0.517. The Hall–Kier alpha value is -3.00. The molecule has 2 heterocycles. The van der Waals surface area contributed by atoms with Crippen molar-refractivity contribution in [3.8, 4) is 22.6 Å². The molecule has 0 saturated carbocycles. The lowest BCUT2D eigenvalue weighted by Crippen LogP contribution is -2.06. The van der Waals surface area contributed by atoms with E-state index in [4.69, 9.17) is 8.83 Å². The summed E-state index contributed by atoms with van der Waals surface area (Å²) >= 11 is 0. The van der Waals surface area contributed by atoms with Crippen LogP contribution in [0, 0.1) is 12.7 Å². The Balaban J connectivity index is 1.83. The largest absolute Gasteiger partial charge is 0.464 e. The van der Waals surface area contributed by atoms with Gasteiger partial charge in [0.05, 0.1) is 12.0 Å². The van der Waals surface area contributed by atoms with Gasteiger partial charge in [-0.2, -0.15) is 0 Å². The van der Waals surface area contributed by atoms with Gasteiger partial charge in [0.2, 0.25) is 11.8 Å². The van der Waals surface area contributed by atoms with Crippen LogP contribution in [0.25, 0.3) is 33.6 Å². The molecule has 0 radical (unpaired) electrons. The fourth-order valence-corrected chi connectivity index (χ4v) is 3.82. The smallest absolute Gasteiger partial charge is 0.247 e. The second kappa shape index (κ2) is 6.31. The van der Waals surface area contributed by atoms with Gasteiger partial charge in [0.15, 0.2) is 9.84 Å². The molecule has 0 atom stereocenters. The molecule has 0 spiro atoms. The van der Waals surface area contributed by atoms with Crippen LogP contribution in [0.3, 0.4) is 0 Å². The van der Waals surface area contributed by atoms with Crippen molar-refractivity contribution in [2.75, 3.05) is 5.75 Å². The zero-order chi connectivity index (χ0) is 19.2. The van der Waals surface area contributed by atoms with Gasteiger partial charge < -0.3 is 8.83 Å². The molecule has 0 amide bonds. The molecule has 2 aromatic heterocycles. The maximum atomic E-state index is 14.4. The highest BCUT2D eigenvalue weighted by Crippen LogP contribution is 2.34. The van der Waals surface area contributed by atoms with Crippen LogP contribution in [0.2, 0.25) is 0 Å². The Labute approximate surface area is 154 Å². The number of furan rings is 1. The molecule has 4 aromatic rings. The van der Waals surface area contributed by atoms with Crippen LogP contribution in [0.15, 0.2) is 56.4 Å². The van der Waals surface area contributed by atoms with Gasteiger partial charge in [-0.05, 0) is 35.9 Å². The molecule has 27 heavy (non-hydrogen) atoms. The lowest BCUT2D eigenvalue weighted by molar-refractivity contribution is 0.533. The molecule has 0 aliphatic carbocycles. The molecule has 138 valence electrons. The Kier molecular flexibility index (Phi) is 4.07. The topological polar surface area (TPSA) is 86.2 Å². The van der Waals surface area contributed by atoms with Crippen LogP contribution in [0.5, 0.6) is 0 Å². The van der Waals surface area contributed by atoms with Gasteiger partial charge in [-0.25, -0.2) is 12.8 Å². The molecule has 6 nitrogen and oxygen atoms in total. The molecule has 0 aliphatic rings. The van der Waals surface area contributed by atoms with Gasteiger partial charge in [0.25, 0.3) is 0 Å². The van der Waals surface area contributed by atoms with Crippen molar-refractivity contribution in [2.45, 2.75) is 18.7 Å². The third-order valence-corrected chi connectivity index (χ3v) is 6.07. The molecule has 0 fully saturated rings. The van der Waals surface area contributed by atoms with E-state index in [0.29, 0.717) is 34.1 Å². The van der Waals surface area contributed by atoms with Crippen LogP contribution in [-0.2, 0) is 9.84 Å². The first-order valence-electron chi connectivity index (χ1n) is 8.23. The van der Waals surface area contributed by atoms with E-state index in [9.17, 15) is 12.8 Å². The number of hydrogen-bond acceptors (Lipinski definition) is 6. The van der Waals surface area contributed by atoms with Crippen molar-refractivity contribution in [1.82, 2.24) is 10.2 Å². The van der Waals surface area contributed by atoms with Crippen molar-refractivity contribution >= 4 is 20.8 Å². The van der Waals surface area contributed by atoms with Gasteiger partial charge in [-0.1, -0.05) is 13.0 Å². The minimum atomic E-state index is -3.62. The highest BCUT2D eigenvalue weighted by molar-refractivity contribution is 7.91. The zero-order valence-corrected chi connectivity index (χ0v) is 15.4. The van der Waals surface area contributed by atoms with Crippen LogP contribution in [0.4, 0.5) is 4.39 Å². The first kappa shape index (κ1) is 17.4. The normalized spacial score (nSPS) is 12.0. The maximum Gasteiger partial charge on any atom is 0.247 e. The molecule has 0 N–H and O–H groups in total. The SMILES string of the molecule is CCS(=O)(=O)c1ccc(-c2coc3ccc(-c4nnc(C)o4)cc23)cc1F. The van der Waals surface area contributed by atoms with Crippen LogP contribution in [-0.4, -0.2) is 24.4 Å². The minimum absolute atomic E-state index is 0.162. The number of aryl methyl sites for hydroxylation is 1. The molecular formula is C19H15FN2O4S. The Bertz CT molecular complexity index is 1260. The summed E-state index contributed by atoms with van der Waals surface area (Å²) in [7, 11) is -3.62. The molecule has 0 bridgehead atoms. The molecule has 0 unspecified atom stereocenters. The Morgan fingerprint density at radius 1 is 1.07 bits per heavy atom. The van der Waals surface area contributed by atoms with E-state index >= 15 is 0 Å². The standard InChI is InChI=1S/C19H15FN2O4S/c1-3-27(23,24)18-7-5-12(9-16(18)20)15-10-25-17-6-4-13(8-14(15)17)19-22-21-11(2)26-19/h4-10H,3H2,1-2H3. The average molecular weight is 386 g/mol. The summed E-state index contributed by atoms with van der Waals surface area (Å²) in [5.74, 6) is -0.123. The maximum absolute atomic E-state index is 14.4. The van der Waals surface area contributed by atoms with Crippen molar-refractivity contribution in [3.05, 3.63) is 54.4 Å². The molecule has 0 aliphatic heterocycles. The Morgan fingerprint density at radius 3 is 2.52 bits per heavy atom. The molecule has 2 aromatic carbocycles. The average Bonchev–Trinajstić information content (AvgIpc) is 3.27. The third kappa shape index (κ3) is 3.02. The molecule has 0 saturated heterocycles. The van der Waals surface area contributed by atoms with Gasteiger partial charge >= 0.3 is 0 Å². The Morgan fingerprint density at radius 2 is 1.85 bits per heavy atom. The second-order valence-corrected chi connectivity index (χ2v) is 8.28. The van der Waals surface area contributed by atoms with Gasteiger partial charge in [-0.15, -0.1) is 10.2 Å². The summed E-state index contributed by atoms with van der Waals surface area (Å²) in [4.78, 5) is -0.302. The number of hydrogen-bond donors (Lipinski definition) is 0. The van der Waals surface area contributed by atoms with E-state index < -0.39 is 15.7 Å². The number of rotatable bonds is 4. The second-order valence-electron chi connectivity index (χ2n) is 6.04. The molecule has 8 heteroatoms. The number of fused-ring (bicyclic) bond motifs is 1. The summed E-state index contributed by atoms with van der Waals surface area (Å²) in [5, 5.41) is 8.55. The van der Waals surface area contributed by atoms with Gasteiger partial charge in [0, 0.05) is 23.4 Å². The van der Waals surface area contributed by atoms with Crippen LogP contribution < -0.4 is 0 Å². The van der Waals surface area contributed by atoms with Crippen molar-refractivity contribution < 1.29 is 21.6 Å². The van der Waals surface area contributed by atoms with Gasteiger partial charge in [0.1, 0.15) is 16.3 Å². The van der Waals surface area contributed by atoms with E-state index in [2.05, 4.69) is 10.2 Å². The van der Waals surface area contributed by atoms with Crippen LogP contribution in [0.1, 0.15) is 12.8 Å². The van der Waals surface area contributed by atoms with E-state index in [1.807, 2.05) is 6.07 Å². The van der Waals surface area contributed by atoms with E-state index in [0.717, 1.165) is 5.39 Å². The van der Waals surface area contributed by atoms with Crippen LogP contribution >= 0.6 is 0 Å². The minimum Gasteiger partial charge on any atom is -0.464 e. The number of halogens is 1. The lowest BCUT2D eigenvalue weighted by atomic mass is 10.0. The summed E-state index contributed by atoms with van der Waals surface area (Å²) in [5.41, 5.74) is 2.47. The summed E-state index contributed by atoms with van der Waals surface area (Å²) in [6, 6.07) is 9.43. The first-order chi connectivity index (χ1) is 12.9. The van der Waals surface area contributed by atoms with E-state index in [1.165, 1.54) is 25.3 Å². The third-order valence-electron chi connectivity index (χ3n) is 4.30. The predicted molar refractivity (Wildman–Crippen MR) is 97.4 cm³/mol. The van der Waals surface area contributed by atoms with Crippen molar-refractivity contribution in [2.24, 2.45) is 0 Å². The first-order valence-corrected chi connectivity index (χ1v) is 9.88. The monoisotopic (exact) mass is 386 g/mol. The number of sulfone groups is 1. The lowest BCUT2D eigenvalue weighted by Gasteiger charge is -2.06. The molecule has 4 rings (SSSR count). The predicted octanol–water partition coefficient (Wildman–Crippen LogP) is 4.39. The summed E-state index contributed by atoms with van der Waals surface area (Å²) < 4.78 is 49.3. The fourth-order valence-electron chi connectivity index (χ4n) is 2.88.